The number of carbonyl (C=O) groups excluding carboxylic acids is 1. The Hall–Kier alpha value is -1.62. The van der Waals surface area contributed by atoms with Crippen molar-refractivity contribution < 1.29 is 18.7 Å². The molecule has 1 aromatic carbocycles. The summed E-state index contributed by atoms with van der Waals surface area (Å²) in [6.45, 7) is 3.68. The second-order valence-corrected chi connectivity index (χ2v) is 8.17. The first-order valence-corrected chi connectivity index (χ1v) is 9.83. The number of fused-ring (bicyclic) bond motifs is 1. The molecule has 2 unspecified atom stereocenters. The molecule has 0 aromatic heterocycles. The van der Waals surface area contributed by atoms with Gasteiger partial charge in [-0.3, -0.25) is 4.79 Å². The molecule has 5 heteroatoms. The maximum Gasteiger partial charge on any atom is 0.309 e. The molecule has 26 heavy (non-hydrogen) atoms. The predicted molar refractivity (Wildman–Crippen MR) is 96.8 cm³/mol. The third-order valence-electron chi connectivity index (χ3n) is 6.49. The summed E-state index contributed by atoms with van der Waals surface area (Å²) in [7, 11) is 1.40. The molecule has 1 aliphatic carbocycles. The SMILES string of the molecule is COC(=O)C(C)C(c1ccc2c(c1F)OC1(CCNCC1)CC2)C1CC1. The van der Waals surface area contributed by atoms with E-state index in [1.54, 1.807) is 0 Å². The van der Waals surface area contributed by atoms with Crippen LogP contribution in [-0.2, 0) is 16.0 Å². The van der Waals surface area contributed by atoms with Gasteiger partial charge in [-0.2, -0.15) is 0 Å². The summed E-state index contributed by atoms with van der Waals surface area (Å²) in [5, 5.41) is 3.36. The molecule has 1 saturated heterocycles. The first-order chi connectivity index (χ1) is 12.5. The molecule has 2 fully saturated rings. The lowest BCUT2D eigenvalue weighted by Crippen LogP contribution is -2.48. The number of piperidine rings is 1. The van der Waals surface area contributed by atoms with Crippen LogP contribution < -0.4 is 10.1 Å². The van der Waals surface area contributed by atoms with E-state index in [1.807, 2.05) is 19.1 Å². The van der Waals surface area contributed by atoms with Gasteiger partial charge in [0.15, 0.2) is 11.6 Å². The lowest BCUT2D eigenvalue weighted by molar-refractivity contribution is -0.145. The average Bonchev–Trinajstić information content (AvgIpc) is 3.49. The van der Waals surface area contributed by atoms with Gasteiger partial charge in [-0.05, 0) is 68.7 Å². The second kappa shape index (κ2) is 6.84. The Balaban J connectivity index is 1.68. The Labute approximate surface area is 154 Å². The van der Waals surface area contributed by atoms with Gasteiger partial charge >= 0.3 is 5.97 Å². The van der Waals surface area contributed by atoms with E-state index in [-0.39, 0.29) is 29.2 Å². The standard InChI is InChI=1S/C21H28FNO3/c1-13(20(24)25-2)17(14-3-4-14)16-6-5-15-7-8-21(9-11-23-12-10-21)26-19(15)18(16)22/h5-6,13-14,17,23H,3-4,7-12H2,1-2H3. The van der Waals surface area contributed by atoms with Crippen molar-refractivity contribution in [3.63, 3.8) is 0 Å². The predicted octanol–water partition coefficient (Wildman–Crippen LogP) is 3.58. The molecule has 4 rings (SSSR count). The Kier molecular flexibility index (Phi) is 4.68. The van der Waals surface area contributed by atoms with Crippen molar-refractivity contribution in [2.45, 2.75) is 57.0 Å². The summed E-state index contributed by atoms with van der Waals surface area (Å²) in [6.07, 6.45) is 5.72. The Morgan fingerprint density at radius 1 is 1.31 bits per heavy atom. The third kappa shape index (κ3) is 3.11. The van der Waals surface area contributed by atoms with Crippen LogP contribution in [0.25, 0.3) is 0 Å². The smallest absolute Gasteiger partial charge is 0.309 e. The lowest BCUT2D eigenvalue weighted by Gasteiger charge is -2.42. The van der Waals surface area contributed by atoms with E-state index in [0.717, 1.165) is 57.2 Å². The van der Waals surface area contributed by atoms with Gasteiger partial charge in [0.05, 0.1) is 13.0 Å². The number of ether oxygens (including phenoxy) is 2. The first kappa shape index (κ1) is 17.8. The van der Waals surface area contributed by atoms with E-state index < -0.39 is 0 Å². The maximum atomic E-state index is 15.6. The summed E-state index contributed by atoms with van der Waals surface area (Å²) in [6, 6.07) is 3.88. The van der Waals surface area contributed by atoms with Crippen LogP contribution in [0.3, 0.4) is 0 Å². The minimum atomic E-state index is -0.350. The van der Waals surface area contributed by atoms with Gasteiger partial charge in [0.1, 0.15) is 5.60 Å². The van der Waals surface area contributed by atoms with Crippen molar-refractivity contribution in [1.82, 2.24) is 5.32 Å². The van der Waals surface area contributed by atoms with Gasteiger partial charge in [0.25, 0.3) is 0 Å². The molecular weight excluding hydrogens is 333 g/mol. The largest absolute Gasteiger partial charge is 0.484 e. The van der Waals surface area contributed by atoms with Crippen molar-refractivity contribution in [3.05, 3.63) is 29.1 Å². The summed E-state index contributed by atoms with van der Waals surface area (Å²) < 4.78 is 26.8. The van der Waals surface area contributed by atoms with Crippen LogP contribution in [0.1, 0.15) is 56.1 Å². The fraction of sp³-hybridized carbons (Fsp3) is 0.667. The zero-order valence-corrected chi connectivity index (χ0v) is 15.6. The third-order valence-corrected chi connectivity index (χ3v) is 6.49. The number of benzene rings is 1. The normalized spacial score (nSPS) is 23.7. The van der Waals surface area contributed by atoms with Crippen LogP contribution in [0.4, 0.5) is 4.39 Å². The van der Waals surface area contributed by atoms with E-state index in [0.29, 0.717) is 17.2 Å². The van der Waals surface area contributed by atoms with E-state index in [4.69, 9.17) is 9.47 Å². The fourth-order valence-corrected chi connectivity index (χ4v) is 4.76. The fourth-order valence-electron chi connectivity index (χ4n) is 4.76. The van der Waals surface area contributed by atoms with Gasteiger partial charge in [-0.1, -0.05) is 19.1 Å². The van der Waals surface area contributed by atoms with Gasteiger partial charge < -0.3 is 14.8 Å². The molecule has 2 aliphatic heterocycles. The molecule has 1 saturated carbocycles. The minimum absolute atomic E-state index is 0.137. The lowest BCUT2D eigenvalue weighted by atomic mass is 9.80. The summed E-state index contributed by atoms with van der Waals surface area (Å²) in [5.74, 6) is -0.229. The van der Waals surface area contributed by atoms with E-state index in [2.05, 4.69) is 5.32 Å². The van der Waals surface area contributed by atoms with Crippen molar-refractivity contribution in [2.24, 2.45) is 11.8 Å². The molecule has 2 heterocycles. The quantitative estimate of drug-likeness (QED) is 0.833. The number of carbonyl (C=O) groups is 1. The summed E-state index contributed by atoms with van der Waals surface area (Å²) in [4.78, 5) is 12.1. The highest BCUT2D eigenvalue weighted by molar-refractivity contribution is 5.73. The van der Waals surface area contributed by atoms with Gasteiger partial charge in [0, 0.05) is 5.92 Å². The molecular formula is C21H28FNO3. The Morgan fingerprint density at radius 2 is 2.04 bits per heavy atom. The van der Waals surface area contributed by atoms with Crippen LogP contribution in [0.15, 0.2) is 12.1 Å². The summed E-state index contributed by atoms with van der Waals surface area (Å²) >= 11 is 0. The molecule has 4 nitrogen and oxygen atoms in total. The number of methoxy groups -OCH3 is 1. The number of nitrogens with one attached hydrogen (secondary N) is 1. The van der Waals surface area contributed by atoms with Gasteiger partial charge in [-0.25, -0.2) is 4.39 Å². The number of aryl methyl sites for hydroxylation is 1. The van der Waals surface area contributed by atoms with E-state index in [9.17, 15) is 4.79 Å². The zero-order chi connectivity index (χ0) is 18.3. The number of hydrogen-bond donors (Lipinski definition) is 1. The van der Waals surface area contributed by atoms with Crippen LogP contribution in [0, 0.1) is 17.7 Å². The number of rotatable bonds is 4. The highest BCUT2D eigenvalue weighted by atomic mass is 19.1. The van der Waals surface area contributed by atoms with Crippen molar-refractivity contribution >= 4 is 5.97 Å². The molecule has 142 valence electrons. The van der Waals surface area contributed by atoms with Crippen molar-refractivity contribution in [3.8, 4) is 5.75 Å². The number of hydrogen-bond acceptors (Lipinski definition) is 4. The molecule has 1 spiro atoms. The number of halogens is 1. The Bertz CT molecular complexity index is 695. The molecule has 3 aliphatic rings. The molecule has 0 amide bonds. The first-order valence-electron chi connectivity index (χ1n) is 9.83. The molecule has 1 aromatic rings. The van der Waals surface area contributed by atoms with Crippen molar-refractivity contribution in [2.75, 3.05) is 20.2 Å². The topological polar surface area (TPSA) is 47.6 Å². The van der Waals surface area contributed by atoms with Crippen LogP contribution in [0.5, 0.6) is 5.75 Å². The highest BCUT2D eigenvalue weighted by Gasteiger charge is 2.43. The van der Waals surface area contributed by atoms with E-state index in [1.165, 1.54) is 7.11 Å². The average molecular weight is 361 g/mol. The van der Waals surface area contributed by atoms with Crippen molar-refractivity contribution in [1.29, 1.82) is 0 Å². The Morgan fingerprint density at radius 3 is 2.69 bits per heavy atom. The van der Waals surface area contributed by atoms with E-state index >= 15 is 4.39 Å². The monoisotopic (exact) mass is 361 g/mol. The molecule has 0 radical (unpaired) electrons. The second-order valence-electron chi connectivity index (χ2n) is 8.17. The number of esters is 1. The zero-order valence-electron chi connectivity index (χ0n) is 15.6. The molecule has 1 N–H and O–H groups in total. The molecule has 0 bridgehead atoms. The van der Waals surface area contributed by atoms with Crippen LogP contribution in [0.2, 0.25) is 0 Å². The van der Waals surface area contributed by atoms with Gasteiger partial charge in [0.2, 0.25) is 0 Å². The minimum Gasteiger partial charge on any atom is -0.484 e. The highest BCUT2D eigenvalue weighted by Crippen LogP contribution is 2.50. The molecule has 2 atom stereocenters. The van der Waals surface area contributed by atoms with Gasteiger partial charge in [-0.15, -0.1) is 0 Å². The maximum absolute atomic E-state index is 15.6. The van der Waals surface area contributed by atoms with Crippen LogP contribution >= 0.6 is 0 Å². The summed E-state index contributed by atoms with van der Waals surface area (Å²) in [5.41, 5.74) is 1.34. The van der Waals surface area contributed by atoms with Crippen LogP contribution in [-0.4, -0.2) is 31.8 Å².